The summed E-state index contributed by atoms with van der Waals surface area (Å²) in [5, 5.41) is 11.0. The largest absolute Gasteiger partial charge is 0.328 e. The van der Waals surface area contributed by atoms with Crippen molar-refractivity contribution in [1.82, 2.24) is 16.0 Å². The van der Waals surface area contributed by atoms with E-state index in [1.807, 2.05) is 0 Å². The van der Waals surface area contributed by atoms with Crippen LogP contribution in [0, 0.1) is 17.8 Å². The van der Waals surface area contributed by atoms with Gasteiger partial charge in [-0.2, -0.15) is 0 Å². The summed E-state index contributed by atoms with van der Waals surface area (Å²) in [6, 6.07) is 0. The van der Waals surface area contributed by atoms with E-state index in [2.05, 4.69) is 120 Å². The van der Waals surface area contributed by atoms with Gasteiger partial charge in [0.25, 0.3) is 0 Å². The Morgan fingerprint density at radius 2 is 0.514 bits per heavy atom. The zero-order valence-corrected chi connectivity index (χ0v) is 28.2. The maximum atomic E-state index is 7.23. The van der Waals surface area contributed by atoms with Crippen LogP contribution < -0.4 is 16.0 Å². The van der Waals surface area contributed by atoms with Crippen LogP contribution in [0.4, 0.5) is 0 Å². The van der Waals surface area contributed by atoms with Crippen LogP contribution in [-0.4, -0.2) is 47.9 Å². The summed E-state index contributed by atoms with van der Waals surface area (Å²) in [6.07, 6.45) is 7.81. The summed E-state index contributed by atoms with van der Waals surface area (Å²) in [4.78, 5) is 21.7. The SMILES string of the molecule is CC1CC(C)(C)NC(C)(C)C1.CC1CC(C)(C)NC(C)(C)C1.CC1CC(C)(C)NC(C)(C)C1.OP(O)O. The maximum absolute atomic E-state index is 7.23. The van der Waals surface area contributed by atoms with Gasteiger partial charge in [0, 0.05) is 33.2 Å². The molecule has 0 aromatic heterocycles. The molecular formula is C30H66N3O3P. The Hall–Kier alpha value is 0.190. The Kier molecular flexibility index (Phi) is 13.8. The van der Waals surface area contributed by atoms with E-state index in [-0.39, 0.29) is 0 Å². The third-order valence-corrected chi connectivity index (χ3v) is 7.18. The zero-order chi connectivity index (χ0) is 29.7. The number of nitrogens with one attached hydrogen (secondary N) is 3. The third kappa shape index (κ3) is 18.2. The molecule has 0 spiro atoms. The topological polar surface area (TPSA) is 96.8 Å². The predicted molar refractivity (Wildman–Crippen MR) is 163 cm³/mol. The van der Waals surface area contributed by atoms with Gasteiger partial charge in [0.05, 0.1) is 0 Å². The van der Waals surface area contributed by atoms with Crippen LogP contribution in [0.15, 0.2) is 0 Å². The lowest BCUT2D eigenvalue weighted by Gasteiger charge is -2.45. The molecular weight excluding hydrogens is 481 g/mol. The van der Waals surface area contributed by atoms with Gasteiger partial charge in [-0.3, -0.25) is 0 Å². The highest BCUT2D eigenvalue weighted by Crippen LogP contribution is 2.33. The van der Waals surface area contributed by atoms with E-state index in [4.69, 9.17) is 14.7 Å². The van der Waals surface area contributed by atoms with Gasteiger partial charge in [0.15, 0.2) is 0 Å². The standard InChI is InChI=1S/3C10H21N.H3O3P/c3*1-8-6-9(2,3)11-10(4,5)7-8;1-4(2)3/h3*8,11H,6-7H2,1-5H3;1-3H. The lowest BCUT2D eigenvalue weighted by molar-refractivity contribution is 0.137. The summed E-state index contributed by atoms with van der Waals surface area (Å²) < 4.78 is 0. The molecule has 0 atom stereocenters. The minimum absolute atomic E-state index is 0.334. The Labute approximate surface area is 232 Å². The summed E-state index contributed by atoms with van der Waals surface area (Å²) in [6.45, 7) is 34.6. The van der Waals surface area contributed by atoms with Crippen LogP contribution in [0.2, 0.25) is 0 Å². The highest BCUT2D eigenvalue weighted by Gasteiger charge is 2.37. The van der Waals surface area contributed by atoms with Gasteiger partial charge < -0.3 is 30.6 Å². The van der Waals surface area contributed by atoms with E-state index in [0.29, 0.717) is 33.2 Å². The second-order valence-electron chi connectivity index (χ2n) is 16.5. The first-order valence-corrected chi connectivity index (χ1v) is 15.6. The maximum Gasteiger partial charge on any atom is 0.324 e. The molecule has 224 valence electrons. The summed E-state index contributed by atoms with van der Waals surface area (Å²) in [5.41, 5.74) is 2.01. The van der Waals surface area contributed by atoms with Crippen molar-refractivity contribution in [2.45, 2.75) is 176 Å². The minimum Gasteiger partial charge on any atom is -0.328 e. The molecule has 37 heavy (non-hydrogen) atoms. The van der Waals surface area contributed by atoms with E-state index in [9.17, 15) is 0 Å². The smallest absolute Gasteiger partial charge is 0.324 e. The van der Waals surface area contributed by atoms with Gasteiger partial charge >= 0.3 is 8.60 Å². The van der Waals surface area contributed by atoms with Gasteiger partial charge in [-0.1, -0.05) is 20.8 Å². The van der Waals surface area contributed by atoms with Gasteiger partial charge in [-0.05, 0) is 139 Å². The molecule has 3 fully saturated rings. The van der Waals surface area contributed by atoms with Crippen molar-refractivity contribution < 1.29 is 14.7 Å². The molecule has 6 N–H and O–H groups in total. The van der Waals surface area contributed by atoms with Gasteiger partial charge in [-0.25, -0.2) is 0 Å². The summed E-state index contributed by atoms with van der Waals surface area (Å²) >= 11 is 0. The Morgan fingerprint density at radius 3 is 0.595 bits per heavy atom. The molecule has 3 saturated heterocycles. The molecule has 6 nitrogen and oxygen atoms in total. The van der Waals surface area contributed by atoms with Crippen molar-refractivity contribution in [2.75, 3.05) is 0 Å². The average Bonchev–Trinajstić information content (AvgIpc) is 2.43. The predicted octanol–water partition coefficient (Wildman–Crippen LogP) is 6.88. The van der Waals surface area contributed by atoms with Gasteiger partial charge in [-0.15, -0.1) is 0 Å². The molecule has 0 saturated carbocycles. The highest BCUT2D eigenvalue weighted by atomic mass is 31.2. The van der Waals surface area contributed by atoms with Crippen molar-refractivity contribution >= 4 is 8.60 Å². The first-order valence-electron chi connectivity index (χ1n) is 14.4. The molecule has 0 bridgehead atoms. The molecule has 0 aromatic carbocycles. The van der Waals surface area contributed by atoms with Crippen LogP contribution >= 0.6 is 8.60 Å². The second kappa shape index (κ2) is 13.7. The van der Waals surface area contributed by atoms with Crippen molar-refractivity contribution in [2.24, 2.45) is 17.8 Å². The molecule has 0 amide bonds. The molecule has 3 aliphatic heterocycles. The van der Waals surface area contributed by atoms with Crippen LogP contribution in [0.1, 0.15) is 142 Å². The number of piperidine rings is 3. The van der Waals surface area contributed by atoms with Crippen LogP contribution in [0.25, 0.3) is 0 Å². The van der Waals surface area contributed by atoms with Crippen LogP contribution in [0.3, 0.4) is 0 Å². The lowest BCUT2D eigenvalue weighted by atomic mass is 9.77. The molecule has 0 aliphatic carbocycles. The number of hydrogen-bond donors (Lipinski definition) is 6. The lowest BCUT2D eigenvalue weighted by Crippen LogP contribution is -2.57. The molecule has 0 aromatic rings. The van der Waals surface area contributed by atoms with E-state index in [1.165, 1.54) is 38.5 Å². The van der Waals surface area contributed by atoms with Crippen molar-refractivity contribution in [3.8, 4) is 0 Å². The van der Waals surface area contributed by atoms with E-state index in [1.54, 1.807) is 0 Å². The molecule has 7 heteroatoms. The molecule has 3 aliphatic rings. The zero-order valence-electron chi connectivity index (χ0n) is 27.3. The van der Waals surface area contributed by atoms with Crippen LogP contribution in [0.5, 0.6) is 0 Å². The van der Waals surface area contributed by atoms with E-state index >= 15 is 0 Å². The quantitative estimate of drug-likeness (QED) is 0.185. The van der Waals surface area contributed by atoms with Crippen molar-refractivity contribution in [1.29, 1.82) is 0 Å². The Balaban J connectivity index is 0.000000490. The van der Waals surface area contributed by atoms with Crippen molar-refractivity contribution in [3.05, 3.63) is 0 Å². The fourth-order valence-corrected chi connectivity index (χ4v) is 8.50. The third-order valence-electron chi connectivity index (χ3n) is 7.18. The summed E-state index contributed by atoms with van der Waals surface area (Å²) in [7, 11) is -2.62. The molecule has 3 rings (SSSR count). The molecule has 0 radical (unpaired) electrons. The highest BCUT2D eigenvalue weighted by molar-refractivity contribution is 7.38. The molecule has 3 heterocycles. The first kappa shape index (κ1) is 37.2. The first-order chi connectivity index (χ1) is 16.2. The normalized spacial score (nSPS) is 28.0. The van der Waals surface area contributed by atoms with E-state index < -0.39 is 8.60 Å². The molecule has 0 unspecified atom stereocenters. The van der Waals surface area contributed by atoms with Gasteiger partial charge in [0.2, 0.25) is 0 Å². The van der Waals surface area contributed by atoms with E-state index in [0.717, 1.165) is 17.8 Å². The Bertz CT molecular complexity index is 539. The second-order valence-corrected chi connectivity index (χ2v) is 17.0. The number of hydrogen-bond acceptors (Lipinski definition) is 6. The number of rotatable bonds is 0. The minimum atomic E-state index is -2.62. The average molecular weight is 548 g/mol. The monoisotopic (exact) mass is 547 g/mol. The fraction of sp³-hybridized carbons (Fsp3) is 1.00. The van der Waals surface area contributed by atoms with Gasteiger partial charge in [0.1, 0.15) is 0 Å². The van der Waals surface area contributed by atoms with Crippen LogP contribution in [-0.2, 0) is 0 Å². The summed E-state index contributed by atoms with van der Waals surface area (Å²) in [5.74, 6) is 2.59. The fourth-order valence-electron chi connectivity index (χ4n) is 8.50. The van der Waals surface area contributed by atoms with Crippen molar-refractivity contribution in [3.63, 3.8) is 0 Å². The Morgan fingerprint density at radius 1 is 0.405 bits per heavy atom.